The number of pyridine rings is 1. The summed E-state index contributed by atoms with van der Waals surface area (Å²) in [5.74, 6) is 2.30. The summed E-state index contributed by atoms with van der Waals surface area (Å²) in [6, 6.07) is 16.3. The molecule has 6 nitrogen and oxygen atoms in total. The highest BCUT2D eigenvalue weighted by atomic mass is 15.4. The smallest absolute Gasteiger partial charge is 0.156 e. The zero-order valence-electron chi connectivity index (χ0n) is 18.4. The van der Waals surface area contributed by atoms with E-state index in [-0.39, 0.29) is 0 Å². The first-order valence-electron chi connectivity index (χ1n) is 10.3. The van der Waals surface area contributed by atoms with Crippen LogP contribution in [0.4, 0.5) is 11.6 Å². The van der Waals surface area contributed by atoms with Gasteiger partial charge in [0.2, 0.25) is 0 Å². The monoisotopic (exact) mass is 408 g/mol. The maximum Gasteiger partial charge on any atom is 0.156 e. The predicted octanol–water partition coefficient (Wildman–Crippen LogP) is 5.65. The molecule has 31 heavy (non-hydrogen) atoms. The van der Waals surface area contributed by atoms with Gasteiger partial charge in [-0.1, -0.05) is 23.8 Å². The summed E-state index contributed by atoms with van der Waals surface area (Å²) in [6.45, 7) is 10.3. The van der Waals surface area contributed by atoms with E-state index < -0.39 is 0 Å². The largest absolute Gasteiger partial charge is 0.323 e. The quantitative estimate of drug-likeness (QED) is 0.418. The highest BCUT2D eigenvalue weighted by molar-refractivity contribution is 5.86. The molecule has 0 unspecified atom stereocenters. The summed E-state index contributed by atoms with van der Waals surface area (Å²) in [7, 11) is 0. The van der Waals surface area contributed by atoms with Crippen LogP contribution in [0, 0.1) is 34.6 Å². The van der Waals surface area contributed by atoms with Crippen LogP contribution in [0.25, 0.3) is 27.8 Å². The molecule has 0 saturated carbocycles. The molecule has 6 heteroatoms. The molecule has 0 bridgehead atoms. The fourth-order valence-electron chi connectivity index (χ4n) is 4.03. The number of nitrogens with one attached hydrogen (secondary N) is 1. The molecule has 0 fully saturated rings. The number of aryl methyl sites for hydroxylation is 5. The van der Waals surface area contributed by atoms with Gasteiger partial charge in [-0.3, -0.25) is 0 Å². The minimum Gasteiger partial charge on any atom is -0.323 e. The Bertz CT molecular complexity index is 1460. The van der Waals surface area contributed by atoms with Crippen LogP contribution in [0.15, 0.2) is 48.5 Å². The van der Waals surface area contributed by atoms with Gasteiger partial charge < -0.3 is 5.32 Å². The SMILES string of the molecule is Cc1cc(C)c2nc(-n3nc(C)cc3Nc3nc4ccccc4nc3C)cc(C)c2c1. The van der Waals surface area contributed by atoms with Crippen molar-refractivity contribution in [1.82, 2.24) is 24.7 Å². The topological polar surface area (TPSA) is 68.5 Å². The first-order valence-corrected chi connectivity index (χ1v) is 10.3. The molecule has 154 valence electrons. The molecule has 3 aromatic heterocycles. The average Bonchev–Trinajstić information content (AvgIpc) is 3.09. The molecule has 0 saturated heterocycles. The van der Waals surface area contributed by atoms with Gasteiger partial charge in [-0.05, 0) is 70.0 Å². The fraction of sp³-hybridized carbons (Fsp3) is 0.200. The van der Waals surface area contributed by atoms with Gasteiger partial charge in [0, 0.05) is 11.5 Å². The van der Waals surface area contributed by atoms with Crippen molar-refractivity contribution in [3.8, 4) is 5.82 Å². The molecule has 0 aliphatic carbocycles. The van der Waals surface area contributed by atoms with Crippen molar-refractivity contribution in [2.24, 2.45) is 0 Å². The Kier molecular flexibility index (Phi) is 4.43. The van der Waals surface area contributed by atoms with Gasteiger partial charge in [0.15, 0.2) is 11.6 Å². The number of nitrogens with zero attached hydrogens (tertiary/aromatic N) is 5. The highest BCUT2D eigenvalue weighted by Gasteiger charge is 2.14. The Morgan fingerprint density at radius 2 is 1.52 bits per heavy atom. The fourth-order valence-corrected chi connectivity index (χ4v) is 4.03. The lowest BCUT2D eigenvalue weighted by Crippen LogP contribution is -2.08. The lowest BCUT2D eigenvalue weighted by Gasteiger charge is -2.13. The van der Waals surface area contributed by atoms with E-state index >= 15 is 0 Å². The standard InChI is InChI=1S/C25H24N6/c1-14-10-16(3)24-19(11-14)15(2)12-22(28-24)31-23(13-17(4)30-31)29-25-18(5)26-20-8-6-7-9-21(20)27-25/h6-13H,1-5H3,(H,27,29). The van der Waals surface area contributed by atoms with Gasteiger partial charge in [0.25, 0.3) is 0 Å². The molecule has 0 amide bonds. The second-order valence-corrected chi connectivity index (χ2v) is 8.13. The lowest BCUT2D eigenvalue weighted by atomic mass is 10.0. The zero-order chi connectivity index (χ0) is 21.7. The van der Waals surface area contributed by atoms with Crippen molar-refractivity contribution in [3.05, 3.63) is 76.6 Å². The summed E-state index contributed by atoms with van der Waals surface area (Å²) in [5, 5.41) is 9.31. The Balaban J connectivity index is 1.63. The maximum absolute atomic E-state index is 4.96. The van der Waals surface area contributed by atoms with Crippen LogP contribution in [0.3, 0.4) is 0 Å². The minimum absolute atomic E-state index is 0.712. The van der Waals surface area contributed by atoms with Gasteiger partial charge in [0.05, 0.1) is 27.9 Å². The van der Waals surface area contributed by atoms with Crippen LogP contribution in [0.1, 0.15) is 28.1 Å². The number of fused-ring (bicyclic) bond motifs is 2. The predicted molar refractivity (Wildman–Crippen MR) is 125 cm³/mol. The second kappa shape index (κ2) is 7.16. The molecule has 5 aromatic rings. The van der Waals surface area contributed by atoms with Crippen molar-refractivity contribution in [2.45, 2.75) is 34.6 Å². The van der Waals surface area contributed by atoms with E-state index in [4.69, 9.17) is 15.1 Å². The van der Waals surface area contributed by atoms with E-state index in [0.717, 1.165) is 45.1 Å². The molecule has 5 rings (SSSR count). The summed E-state index contributed by atoms with van der Waals surface area (Å²) >= 11 is 0. The van der Waals surface area contributed by atoms with Gasteiger partial charge in [-0.15, -0.1) is 0 Å². The number of rotatable bonds is 3. The molecule has 1 N–H and O–H groups in total. The van der Waals surface area contributed by atoms with Crippen LogP contribution >= 0.6 is 0 Å². The van der Waals surface area contributed by atoms with Gasteiger partial charge >= 0.3 is 0 Å². The Labute approximate surface area is 181 Å². The first kappa shape index (κ1) is 19.2. The molecule has 2 aromatic carbocycles. The van der Waals surface area contributed by atoms with Crippen molar-refractivity contribution in [3.63, 3.8) is 0 Å². The van der Waals surface area contributed by atoms with E-state index in [1.807, 2.05) is 48.9 Å². The number of para-hydroxylation sites is 2. The van der Waals surface area contributed by atoms with Gasteiger partial charge in [-0.2, -0.15) is 9.78 Å². The van der Waals surface area contributed by atoms with Gasteiger partial charge in [0.1, 0.15) is 5.82 Å². The van der Waals surface area contributed by atoms with Crippen molar-refractivity contribution in [2.75, 3.05) is 5.32 Å². The highest BCUT2D eigenvalue weighted by Crippen LogP contribution is 2.27. The molecule has 0 aliphatic heterocycles. The van der Waals surface area contributed by atoms with Crippen molar-refractivity contribution >= 4 is 33.6 Å². The van der Waals surface area contributed by atoms with Crippen LogP contribution < -0.4 is 5.32 Å². The normalized spacial score (nSPS) is 11.4. The summed E-state index contributed by atoms with van der Waals surface area (Å²) in [6.07, 6.45) is 0. The van der Waals surface area contributed by atoms with Crippen LogP contribution in [0.2, 0.25) is 0 Å². The molecule has 0 aliphatic rings. The van der Waals surface area contributed by atoms with Crippen molar-refractivity contribution in [1.29, 1.82) is 0 Å². The first-order chi connectivity index (χ1) is 14.9. The summed E-state index contributed by atoms with van der Waals surface area (Å²) < 4.78 is 1.84. The zero-order valence-corrected chi connectivity index (χ0v) is 18.4. The Morgan fingerprint density at radius 1 is 0.774 bits per heavy atom. The molecule has 0 spiro atoms. The molecular formula is C25H24N6. The third-order valence-corrected chi connectivity index (χ3v) is 5.48. The van der Waals surface area contributed by atoms with E-state index in [1.165, 1.54) is 16.5 Å². The van der Waals surface area contributed by atoms with E-state index in [2.05, 4.69) is 49.3 Å². The molecule has 0 atom stereocenters. The van der Waals surface area contributed by atoms with E-state index in [0.29, 0.717) is 5.82 Å². The second-order valence-electron chi connectivity index (χ2n) is 8.13. The van der Waals surface area contributed by atoms with Crippen molar-refractivity contribution < 1.29 is 0 Å². The third kappa shape index (κ3) is 3.40. The number of aromatic nitrogens is 5. The lowest BCUT2D eigenvalue weighted by molar-refractivity contribution is 0.841. The third-order valence-electron chi connectivity index (χ3n) is 5.48. The van der Waals surface area contributed by atoms with Gasteiger partial charge in [-0.25, -0.2) is 15.0 Å². The maximum atomic E-state index is 4.96. The minimum atomic E-state index is 0.712. The van der Waals surface area contributed by atoms with E-state index in [1.54, 1.807) is 0 Å². The molecular weight excluding hydrogens is 384 g/mol. The van der Waals surface area contributed by atoms with Crippen LogP contribution in [-0.2, 0) is 0 Å². The summed E-state index contributed by atoms with van der Waals surface area (Å²) in [4.78, 5) is 14.4. The summed E-state index contributed by atoms with van der Waals surface area (Å²) in [5.41, 5.74) is 8.04. The number of hydrogen-bond acceptors (Lipinski definition) is 5. The number of hydrogen-bond donors (Lipinski definition) is 1. The Morgan fingerprint density at radius 3 is 2.29 bits per heavy atom. The number of benzene rings is 2. The Hall–Kier alpha value is -3.80. The van der Waals surface area contributed by atoms with E-state index in [9.17, 15) is 0 Å². The number of anilines is 2. The molecule has 0 radical (unpaired) electrons. The average molecular weight is 409 g/mol. The van der Waals surface area contributed by atoms with Crippen LogP contribution in [-0.4, -0.2) is 24.7 Å². The molecule has 3 heterocycles. The van der Waals surface area contributed by atoms with Crippen LogP contribution in [0.5, 0.6) is 0 Å².